The number of aromatic nitrogens is 2. The zero-order valence-electron chi connectivity index (χ0n) is 7.01. The van der Waals surface area contributed by atoms with Crippen LogP contribution in [0.15, 0.2) is 18.2 Å². The lowest BCUT2D eigenvalue weighted by molar-refractivity contribution is 0.147. The maximum atomic E-state index is 12.4. The van der Waals surface area contributed by atoms with Crippen LogP contribution in [0.3, 0.4) is 0 Å². The molecule has 0 spiro atoms. The van der Waals surface area contributed by atoms with Gasteiger partial charge in [-0.25, -0.2) is 8.78 Å². The van der Waals surface area contributed by atoms with Crippen LogP contribution >= 0.6 is 0 Å². The maximum absolute atomic E-state index is 12.4. The van der Waals surface area contributed by atoms with E-state index in [0.29, 0.717) is 10.9 Å². The first-order valence-corrected chi connectivity index (χ1v) is 3.91. The fourth-order valence-electron chi connectivity index (χ4n) is 1.31. The van der Waals surface area contributed by atoms with E-state index >= 15 is 0 Å². The Kier molecular flexibility index (Phi) is 1.76. The van der Waals surface area contributed by atoms with E-state index in [1.54, 1.807) is 18.2 Å². The number of rotatable bonds is 1. The van der Waals surface area contributed by atoms with Crippen molar-refractivity contribution in [1.29, 1.82) is 0 Å². The Hall–Kier alpha value is -1.45. The molecule has 0 radical (unpaired) electrons. The summed E-state index contributed by atoms with van der Waals surface area (Å²) in [6.45, 7) is 1.90. The zero-order chi connectivity index (χ0) is 9.42. The van der Waals surface area contributed by atoms with Crippen molar-refractivity contribution in [2.24, 2.45) is 0 Å². The smallest absolute Gasteiger partial charge is 0.276 e. The summed E-state index contributed by atoms with van der Waals surface area (Å²) in [6.07, 6.45) is -2.49. The highest BCUT2D eigenvalue weighted by Gasteiger charge is 2.13. The number of benzene rings is 1. The van der Waals surface area contributed by atoms with Crippen molar-refractivity contribution in [3.8, 4) is 0 Å². The van der Waals surface area contributed by atoms with Gasteiger partial charge in [0.05, 0.1) is 5.52 Å². The van der Waals surface area contributed by atoms with Crippen LogP contribution in [-0.2, 0) is 0 Å². The summed E-state index contributed by atoms with van der Waals surface area (Å²) >= 11 is 0. The average molecular weight is 182 g/mol. The minimum Gasteiger partial charge on any atom is -0.276 e. The maximum Gasteiger partial charge on any atom is 0.280 e. The van der Waals surface area contributed by atoms with Gasteiger partial charge in [0.1, 0.15) is 5.69 Å². The highest BCUT2D eigenvalue weighted by Crippen LogP contribution is 2.25. The molecule has 68 valence electrons. The predicted molar refractivity (Wildman–Crippen MR) is 45.8 cm³/mol. The van der Waals surface area contributed by atoms with E-state index in [4.69, 9.17) is 0 Å². The molecule has 1 aromatic heterocycles. The topological polar surface area (TPSA) is 28.7 Å². The third-order valence-corrected chi connectivity index (χ3v) is 1.96. The summed E-state index contributed by atoms with van der Waals surface area (Å²) in [5, 5.41) is 6.64. The molecule has 0 aliphatic heterocycles. The van der Waals surface area contributed by atoms with Crippen LogP contribution in [0.2, 0.25) is 0 Å². The number of halogens is 2. The van der Waals surface area contributed by atoms with Crippen molar-refractivity contribution in [3.63, 3.8) is 0 Å². The summed E-state index contributed by atoms with van der Waals surface area (Å²) in [7, 11) is 0. The highest BCUT2D eigenvalue weighted by molar-refractivity contribution is 5.82. The van der Waals surface area contributed by atoms with Gasteiger partial charge in [0.2, 0.25) is 0 Å². The Morgan fingerprint density at radius 2 is 2.15 bits per heavy atom. The molecule has 4 heteroatoms. The van der Waals surface area contributed by atoms with Gasteiger partial charge in [-0.05, 0) is 18.6 Å². The number of hydrogen-bond donors (Lipinski definition) is 1. The average Bonchev–Trinajstić information content (AvgIpc) is 2.46. The SMILES string of the molecule is Cc1ccc2c(C(F)F)[nH]nc2c1. The monoisotopic (exact) mass is 182 g/mol. The van der Waals surface area contributed by atoms with Crippen LogP contribution in [0, 0.1) is 6.92 Å². The van der Waals surface area contributed by atoms with Crippen molar-refractivity contribution in [3.05, 3.63) is 29.5 Å². The molecule has 2 nitrogen and oxygen atoms in total. The van der Waals surface area contributed by atoms with Crippen molar-refractivity contribution >= 4 is 10.9 Å². The highest BCUT2D eigenvalue weighted by atomic mass is 19.3. The first-order chi connectivity index (χ1) is 6.18. The van der Waals surface area contributed by atoms with Crippen molar-refractivity contribution in [1.82, 2.24) is 10.2 Å². The summed E-state index contributed by atoms with van der Waals surface area (Å²) in [5.74, 6) is 0. The molecular weight excluding hydrogens is 174 g/mol. The van der Waals surface area contributed by atoms with Crippen LogP contribution in [0.25, 0.3) is 10.9 Å². The molecule has 0 fully saturated rings. The zero-order valence-corrected chi connectivity index (χ0v) is 7.01. The number of fused-ring (bicyclic) bond motifs is 1. The number of aryl methyl sites for hydroxylation is 1. The molecule has 1 aromatic carbocycles. The second-order valence-electron chi connectivity index (χ2n) is 2.96. The lowest BCUT2D eigenvalue weighted by atomic mass is 10.1. The van der Waals surface area contributed by atoms with Gasteiger partial charge in [0.25, 0.3) is 6.43 Å². The van der Waals surface area contributed by atoms with Crippen LogP contribution in [0.4, 0.5) is 8.78 Å². The van der Waals surface area contributed by atoms with E-state index in [9.17, 15) is 8.78 Å². The molecule has 0 amide bonds. The minimum atomic E-state index is -2.49. The van der Waals surface area contributed by atoms with Gasteiger partial charge in [-0.3, -0.25) is 5.10 Å². The Balaban J connectivity index is 2.69. The fourth-order valence-corrected chi connectivity index (χ4v) is 1.31. The van der Waals surface area contributed by atoms with E-state index in [1.165, 1.54) is 0 Å². The van der Waals surface area contributed by atoms with E-state index < -0.39 is 6.43 Å². The number of alkyl halides is 2. The number of nitrogens with zero attached hydrogens (tertiary/aromatic N) is 1. The molecule has 1 N–H and O–H groups in total. The largest absolute Gasteiger partial charge is 0.280 e. The third kappa shape index (κ3) is 1.28. The van der Waals surface area contributed by atoms with Crippen molar-refractivity contribution in [2.75, 3.05) is 0 Å². The van der Waals surface area contributed by atoms with Gasteiger partial charge in [0, 0.05) is 5.39 Å². The summed E-state index contributed by atoms with van der Waals surface area (Å²) in [4.78, 5) is 0. The van der Waals surface area contributed by atoms with Gasteiger partial charge < -0.3 is 0 Å². The Bertz CT molecular complexity index is 434. The number of aromatic amines is 1. The molecule has 1 heterocycles. The second-order valence-corrected chi connectivity index (χ2v) is 2.96. The summed E-state index contributed by atoms with van der Waals surface area (Å²) in [5.41, 5.74) is 1.50. The Morgan fingerprint density at radius 1 is 1.38 bits per heavy atom. The summed E-state index contributed by atoms with van der Waals surface area (Å²) < 4.78 is 24.7. The van der Waals surface area contributed by atoms with Crippen LogP contribution < -0.4 is 0 Å². The summed E-state index contributed by atoms with van der Waals surface area (Å²) in [6, 6.07) is 5.23. The molecule has 0 aliphatic carbocycles. The van der Waals surface area contributed by atoms with Gasteiger partial charge in [-0.1, -0.05) is 12.1 Å². The third-order valence-electron chi connectivity index (χ3n) is 1.96. The van der Waals surface area contributed by atoms with Crippen LogP contribution in [0.1, 0.15) is 17.7 Å². The second kappa shape index (κ2) is 2.80. The van der Waals surface area contributed by atoms with E-state index in [-0.39, 0.29) is 5.69 Å². The first kappa shape index (κ1) is 8.16. The molecule has 0 bridgehead atoms. The molecular formula is C9H8F2N2. The lowest BCUT2D eigenvalue weighted by Crippen LogP contribution is -1.83. The predicted octanol–water partition coefficient (Wildman–Crippen LogP) is 2.81. The Morgan fingerprint density at radius 3 is 2.85 bits per heavy atom. The standard InChI is InChI=1S/C9H8F2N2/c1-5-2-3-6-7(4-5)12-13-8(6)9(10)11/h2-4,9H,1H3,(H,12,13). The normalized spacial score (nSPS) is 11.4. The van der Waals surface area contributed by atoms with Crippen molar-refractivity contribution in [2.45, 2.75) is 13.3 Å². The Labute approximate surface area is 73.6 Å². The van der Waals surface area contributed by atoms with Gasteiger partial charge in [-0.15, -0.1) is 0 Å². The van der Waals surface area contributed by atoms with Gasteiger partial charge >= 0.3 is 0 Å². The van der Waals surface area contributed by atoms with Gasteiger partial charge in [0.15, 0.2) is 0 Å². The molecule has 2 rings (SSSR count). The quantitative estimate of drug-likeness (QED) is 0.721. The molecule has 2 aromatic rings. The lowest BCUT2D eigenvalue weighted by Gasteiger charge is -1.95. The molecule has 0 atom stereocenters. The number of H-pyrrole nitrogens is 1. The van der Waals surface area contributed by atoms with E-state index in [0.717, 1.165) is 5.56 Å². The van der Waals surface area contributed by atoms with Crippen LogP contribution in [0.5, 0.6) is 0 Å². The van der Waals surface area contributed by atoms with E-state index in [1.807, 2.05) is 6.92 Å². The fraction of sp³-hybridized carbons (Fsp3) is 0.222. The van der Waals surface area contributed by atoms with E-state index in [2.05, 4.69) is 10.2 Å². The molecule has 0 saturated heterocycles. The number of nitrogens with one attached hydrogen (secondary N) is 1. The molecule has 0 aliphatic rings. The number of hydrogen-bond acceptors (Lipinski definition) is 1. The van der Waals surface area contributed by atoms with Crippen LogP contribution in [-0.4, -0.2) is 10.2 Å². The van der Waals surface area contributed by atoms with Crippen molar-refractivity contribution < 1.29 is 8.78 Å². The van der Waals surface area contributed by atoms with Gasteiger partial charge in [-0.2, -0.15) is 5.10 Å². The molecule has 13 heavy (non-hydrogen) atoms. The molecule has 0 saturated carbocycles. The first-order valence-electron chi connectivity index (χ1n) is 3.91. The minimum absolute atomic E-state index is 0.102. The molecule has 0 unspecified atom stereocenters.